The van der Waals surface area contributed by atoms with Crippen LogP contribution in [0, 0.1) is 0 Å². The largest absolute Gasteiger partial charge is 0.0882 e. The van der Waals surface area contributed by atoms with Crippen molar-refractivity contribution in [1.82, 2.24) is 0 Å². The molecule has 0 aromatic heterocycles. The van der Waals surface area contributed by atoms with Crippen LogP contribution in [0.5, 0.6) is 0 Å². The summed E-state index contributed by atoms with van der Waals surface area (Å²) in [4.78, 5) is 0. The molecule has 0 spiro atoms. The lowest BCUT2D eigenvalue weighted by molar-refractivity contribution is 1.54. The predicted molar refractivity (Wildman–Crippen MR) is 30.1 cm³/mol. The van der Waals surface area contributed by atoms with Crippen molar-refractivity contribution in [3.63, 3.8) is 0 Å². The summed E-state index contributed by atoms with van der Waals surface area (Å²) in [7, 11) is 0. The van der Waals surface area contributed by atoms with E-state index in [1.807, 2.05) is 0 Å². The quantitative estimate of drug-likeness (QED) is 0.466. The molecule has 0 radical (unpaired) electrons. The standard InChI is InChI=1S/C4H6Cl2/c1-3(5)4(2)6/h1-2H3. The Balaban J connectivity index is 3.68. The Morgan fingerprint density at radius 2 is 1.17 bits per heavy atom. The van der Waals surface area contributed by atoms with Gasteiger partial charge in [0.2, 0.25) is 0 Å². The highest BCUT2D eigenvalue weighted by Crippen LogP contribution is 2.09. The summed E-state index contributed by atoms with van der Waals surface area (Å²) in [5.41, 5.74) is 0. The van der Waals surface area contributed by atoms with Crippen LogP contribution in [0.2, 0.25) is 0 Å². The molecule has 0 atom stereocenters. The molecule has 0 bridgehead atoms. The van der Waals surface area contributed by atoms with E-state index in [9.17, 15) is 0 Å². The molecule has 2 heteroatoms. The zero-order chi connectivity index (χ0) is 5.15. The Hall–Kier alpha value is 0.320. The van der Waals surface area contributed by atoms with Gasteiger partial charge in [-0.05, 0) is 13.8 Å². The van der Waals surface area contributed by atoms with Crippen LogP contribution in [0.4, 0.5) is 0 Å². The van der Waals surface area contributed by atoms with Gasteiger partial charge in [-0.1, -0.05) is 23.2 Å². The summed E-state index contributed by atoms with van der Waals surface area (Å²) in [6.45, 7) is 3.51. The Kier molecular flexibility index (Phi) is 2.62. The highest BCUT2D eigenvalue weighted by molar-refractivity contribution is 6.38. The summed E-state index contributed by atoms with van der Waals surface area (Å²) in [5, 5.41) is 1.33. The minimum Gasteiger partial charge on any atom is -0.0882 e. The molecule has 0 aliphatic rings. The third-order valence-electron chi connectivity index (χ3n) is 0.475. The fraction of sp³-hybridized carbons (Fsp3) is 0.500. The normalized spacial score (nSPS) is 14.0. The van der Waals surface area contributed by atoms with Crippen LogP contribution in [0.3, 0.4) is 0 Å². The molecule has 0 aromatic rings. The van der Waals surface area contributed by atoms with E-state index >= 15 is 0 Å². The number of allylic oxidation sites excluding steroid dienone is 2. The summed E-state index contributed by atoms with van der Waals surface area (Å²) >= 11 is 10.7. The summed E-state index contributed by atoms with van der Waals surface area (Å²) < 4.78 is 0. The van der Waals surface area contributed by atoms with Crippen LogP contribution < -0.4 is 0 Å². The Labute approximate surface area is 47.8 Å². The van der Waals surface area contributed by atoms with Crippen LogP contribution in [0.15, 0.2) is 10.1 Å². The minimum absolute atomic E-state index is 0.664. The van der Waals surface area contributed by atoms with Crippen molar-refractivity contribution in [3.8, 4) is 0 Å². The molecule has 0 saturated carbocycles. The van der Waals surface area contributed by atoms with Gasteiger partial charge >= 0.3 is 0 Å². The van der Waals surface area contributed by atoms with Gasteiger partial charge in [0.1, 0.15) is 0 Å². The number of hydrogen-bond acceptors (Lipinski definition) is 0. The van der Waals surface area contributed by atoms with E-state index in [0.29, 0.717) is 10.1 Å². The van der Waals surface area contributed by atoms with Gasteiger partial charge in [-0.3, -0.25) is 0 Å². The Bertz CT molecular complexity index is 55.6. The smallest absolute Gasteiger partial charge is 0.0292 e. The van der Waals surface area contributed by atoms with Crippen molar-refractivity contribution < 1.29 is 0 Å². The zero-order valence-electron chi connectivity index (χ0n) is 3.76. The van der Waals surface area contributed by atoms with Crippen LogP contribution in [0.25, 0.3) is 0 Å². The Morgan fingerprint density at radius 1 is 1.00 bits per heavy atom. The first-order valence-corrected chi connectivity index (χ1v) is 2.38. The maximum atomic E-state index is 5.36. The molecule has 0 fully saturated rings. The van der Waals surface area contributed by atoms with Gasteiger partial charge in [0.15, 0.2) is 0 Å². The first kappa shape index (κ1) is 6.32. The van der Waals surface area contributed by atoms with Gasteiger partial charge < -0.3 is 0 Å². The fourth-order valence-electron chi connectivity index (χ4n) is 0. The van der Waals surface area contributed by atoms with Crippen LogP contribution >= 0.6 is 23.2 Å². The van der Waals surface area contributed by atoms with E-state index in [2.05, 4.69) is 0 Å². The molecule has 0 aliphatic heterocycles. The first-order chi connectivity index (χ1) is 2.64. The maximum Gasteiger partial charge on any atom is 0.0292 e. The lowest BCUT2D eigenvalue weighted by Crippen LogP contribution is -1.57. The molecule has 0 amide bonds. The van der Waals surface area contributed by atoms with Crippen molar-refractivity contribution in [2.45, 2.75) is 13.8 Å². The van der Waals surface area contributed by atoms with Crippen LogP contribution in [0.1, 0.15) is 13.8 Å². The van der Waals surface area contributed by atoms with Gasteiger partial charge in [0.25, 0.3) is 0 Å². The molecular weight excluding hydrogens is 119 g/mol. The maximum absolute atomic E-state index is 5.36. The van der Waals surface area contributed by atoms with Crippen molar-refractivity contribution in [2.75, 3.05) is 0 Å². The monoisotopic (exact) mass is 124 g/mol. The molecule has 36 valence electrons. The molecule has 0 unspecified atom stereocenters. The van der Waals surface area contributed by atoms with Crippen molar-refractivity contribution in [3.05, 3.63) is 10.1 Å². The summed E-state index contributed by atoms with van der Waals surface area (Å²) in [6.07, 6.45) is 0. The molecule has 0 rings (SSSR count). The third kappa shape index (κ3) is 2.55. The van der Waals surface area contributed by atoms with Crippen LogP contribution in [-0.4, -0.2) is 0 Å². The van der Waals surface area contributed by atoms with Crippen LogP contribution in [-0.2, 0) is 0 Å². The molecule has 0 saturated heterocycles. The van der Waals surface area contributed by atoms with Gasteiger partial charge in [0.05, 0.1) is 0 Å². The molecule has 0 aromatic carbocycles. The topological polar surface area (TPSA) is 0 Å². The molecular formula is C4H6Cl2. The summed E-state index contributed by atoms with van der Waals surface area (Å²) in [5.74, 6) is 0. The van der Waals surface area contributed by atoms with Gasteiger partial charge in [-0.15, -0.1) is 0 Å². The second kappa shape index (κ2) is 2.49. The first-order valence-electron chi connectivity index (χ1n) is 1.63. The minimum atomic E-state index is 0.664. The van der Waals surface area contributed by atoms with Gasteiger partial charge in [-0.2, -0.15) is 0 Å². The highest BCUT2D eigenvalue weighted by atomic mass is 35.5. The van der Waals surface area contributed by atoms with E-state index in [1.165, 1.54) is 0 Å². The average molecular weight is 125 g/mol. The molecule has 0 nitrogen and oxygen atoms in total. The predicted octanol–water partition coefficient (Wildman–Crippen LogP) is 2.72. The number of rotatable bonds is 0. The van der Waals surface area contributed by atoms with E-state index in [4.69, 9.17) is 23.2 Å². The second-order valence-corrected chi connectivity index (χ2v) is 2.20. The fourth-order valence-corrected chi connectivity index (χ4v) is 0. The van der Waals surface area contributed by atoms with Gasteiger partial charge in [-0.25, -0.2) is 0 Å². The van der Waals surface area contributed by atoms with E-state index in [0.717, 1.165) is 0 Å². The SMILES string of the molecule is CC(Cl)=C(C)Cl. The Morgan fingerprint density at radius 3 is 1.17 bits per heavy atom. The lowest BCUT2D eigenvalue weighted by atomic mass is 10.6. The lowest BCUT2D eigenvalue weighted by Gasteiger charge is -1.81. The average Bonchev–Trinajstić information content (AvgIpc) is 1.36. The third-order valence-corrected chi connectivity index (χ3v) is 1.14. The van der Waals surface area contributed by atoms with Crippen molar-refractivity contribution in [1.29, 1.82) is 0 Å². The van der Waals surface area contributed by atoms with Crippen molar-refractivity contribution in [2.24, 2.45) is 0 Å². The highest BCUT2D eigenvalue weighted by Gasteiger charge is 1.81. The van der Waals surface area contributed by atoms with E-state index in [1.54, 1.807) is 13.8 Å². The van der Waals surface area contributed by atoms with E-state index < -0.39 is 0 Å². The number of halogens is 2. The molecule has 0 aliphatic carbocycles. The molecule has 0 heterocycles. The van der Waals surface area contributed by atoms with Crippen molar-refractivity contribution >= 4 is 23.2 Å². The second-order valence-electron chi connectivity index (χ2n) is 1.07. The summed E-state index contributed by atoms with van der Waals surface area (Å²) in [6, 6.07) is 0. The van der Waals surface area contributed by atoms with Gasteiger partial charge in [0, 0.05) is 10.1 Å². The zero-order valence-corrected chi connectivity index (χ0v) is 5.27. The number of hydrogen-bond donors (Lipinski definition) is 0. The molecule has 0 N–H and O–H groups in total. The van der Waals surface area contributed by atoms with E-state index in [-0.39, 0.29) is 0 Å². The molecule has 6 heavy (non-hydrogen) atoms.